The van der Waals surface area contributed by atoms with Gasteiger partial charge in [-0.25, -0.2) is 0 Å². The van der Waals surface area contributed by atoms with Gasteiger partial charge in [-0.1, -0.05) is 6.07 Å². The molecule has 2 unspecified atom stereocenters. The van der Waals surface area contributed by atoms with E-state index in [1.54, 1.807) is 49.1 Å². The molecule has 2 aliphatic heterocycles. The second kappa shape index (κ2) is 13.9. The molecular weight excluding hydrogens is 564 g/mol. The monoisotopic (exact) mass is 602 g/mol. The smallest absolute Gasteiger partial charge is 0.309 e. The Bertz CT molecular complexity index is 1270. The molecule has 2 aromatic carbocycles. The van der Waals surface area contributed by atoms with E-state index in [1.165, 1.54) is 33.1 Å². The molecule has 0 aliphatic carbocycles. The van der Waals surface area contributed by atoms with Crippen LogP contribution in [0.1, 0.15) is 41.1 Å². The lowest BCUT2D eigenvalue weighted by molar-refractivity contribution is -0.151. The molecule has 12 heteroatoms. The van der Waals surface area contributed by atoms with Crippen molar-refractivity contribution >= 4 is 29.5 Å². The number of hydrogen-bond acceptors (Lipinski definition) is 10. The summed E-state index contributed by atoms with van der Waals surface area (Å²) in [5.74, 6) is 1.52. The van der Waals surface area contributed by atoms with Gasteiger partial charge in [0.05, 0.1) is 48.1 Å². The summed E-state index contributed by atoms with van der Waals surface area (Å²) in [4.78, 5) is 43.9. The van der Waals surface area contributed by atoms with Crippen LogP contribution in [0.15, 0.2) is 30.3 Å². The van der Waals surface area contributed by atoms with Gasteiger partial charge in [-0.15, -0.1) is 11.8 Å². The molecule has 0 radical (unpaired) electrons. The molecule has 2 fully saturated rings. The summed E-state index contributed by atoms with van der Waals surface area (Å²) in [6.45, 7) is 2.93. The Labute approximate surface area is 250 Å². The van der Waals surface area contributed by atoms with Gasteiger partial charge in [-0.2, -0.15) is 0 Å². The largest absolute Gasteiger partial charge is 0.493 e. The quantitative estimate of drug-likeness (QED) is 0.372. The summed E-state index contributed by atoms with van der Waals surface area (Å²) < 4.78 is 32.5. The van der Waals surface area contributed by atoms with Crippen molar-refractivity contribution in [3.63, 3.8) is 0 Å². The number of carbonyl (C=O) groups excluding carboxylic acids is 3. The van der Waals surface area contributed by atoms with Crippen molar-refractivity contribution < 1.29 is 42.8 Å². The van der Waals surface area contributed by atoms with Crippen LogP contribution in [0, 0.1) is 5.92 Å². The van der Waals surface area contributed by atoms with Gasteiger partial charge in [0.15, 0.2) is 23.0 Å². The van der Waals surface area contributed by atoms with Crippen LogP contribution in [0.5, 0.6) is 28.7 Å². The Morgan fingerprint density at radius 2 is 1.45 bits per heavy atom. The zero-order valence-electron chi connectivity index (χ0n) is 24.8. The van der Waals surface area contributed by atoms with Gasteiger partial charge < -0.3 is 38.2 Å². The van der Waals surface area contributed by atoms with Gasteiger partial charge in [0.1, 0.15) is 11.4 Å². The van der Waals surface area contributed by atoms with E-state index in [1.807, 2.05) is 12.1 Å². The average Bonchev–Trinajstić information content (AvgIpc) is 3.48. The lowest BCUT2D eigenvalue weighted by Gasteiger charge is -2.36. The summed E-state index contributed by atoms with van der Waals surface area (Å²) in [6.07, 6.45) is 1.04. The molecule has 0 saturated carbocycles. The van der Waals surface area contributed by atoms with E-state index in [9.17, 15) is 14.4 Å². The van der Waals surface area contributed by atoms with Crippen LogP contribution in [0.25, 0.3) is 0 Å². The fourth-order valence-corrected chi connectivity index (χ4v) is 6.78. The summed E-state index contributed by atoms with van der Waals surface area (Å²) >= 11 is 1.50. The van der Waals surface area contributed by atoms with Crippen molar-refractivity contribution in [3.8, 4) is 28.7 Å². The molecule has 0 N–H and O–H groups in total. The number of amides is 2. The Morgan fingerprint density at radius 3 is 2.00 bits per heavy atom. The fraction of sp³-hybridized carbons (Fsp3) is 0.500. The molecule has 0 bridgehead atoms. The Morgan fingerprint density at radius 1 is 0.833 bits per heavy atom. The average molecular weight is 603 g/mol. The molecule has 2 aromatic rings. The maximum absolute atomic E-state index is 14.3. The van der Waals surface area contributed by atoms with E-state index in [0.29, 0.717) is 67.0 Å². The summed E-state index contributed by atoms with van der Waals surface area (Å²) in [7, 11) is 7.56. The van der Waals surface area contributed by atoms with E-state index >= 15 is 0 Å². The number of nitrogens with zero attached hydrogens (tertiary/aromatic N) is 2. The number of methoxy groups -OCH3 is 5. The van der Waals surface area contributed by atoms with E-state index in [-0.39, 0.29) is 29.3 Å². The third-order valence-corrected chi connectivity index (χ3v) is 8.87. The first-order valence-corrected chi connectivity index (χ1v) is 14.8. The van der Waals surface area contributed by atoms with Crippen molar-refractivity contribution in [2.24, 2.45) is 5.92 Å². The predicted molar refractivity (Wildman–Crippen MR) is 157 cm³/mol. The number of esters is 1. The highest BCUT2D eigenvalue weighted by atomic mass is 32.2. The minimum atomic E-state index is -0.737. The minimum absolute atomic E-state index is 0.159. The number of rotatable bonds is 10. The van der Waals surface area contributed by atoms with Crippen molar-refractivity contribution in [1.82, 2.24) is 9.80 Å². The molecule has 4 rings (SSSR count). The molecule has 42 heavy (non-hydrogen) atoms. The van der Waals surface area contributed by atoms with Crippen LogP contribution >= 0.6 is 11.8 Å². The topological polar surface area (TPSA) is 113 Å². The van der Waals surface area contributed by atoms with Crippen molar-refractivity contribution in [2.75, 3.05) is 61.0 Å². The lowest BCUT2D eigenvalue weighted by atomic mass is 9.96. The molecule has 2 heterocycles. The Kier molecular flexibility index (Phi) is 10.3. The molecule has 2 saturated heterocycles. The zero-order valence-corrected chi connectivity index (χ0v) is 25.7. The van der Waals surface area contributed by atoms with Crippen LogP contribution in [-0.2, 0) is 14.3 Å². The predicted octanol–water partition coefficient (Wildman–Crippen LogP) is 3.79. The summed E-state index contributed by atoms with van der Waals surface area (Å²) in [5.41, 5.74) is 1.08. The van der Waals surface area contributed by atoms with Crippen molar-refractivity contribution in [2.45, 2.75) is 31.2 Å². The highest BCUT2D eigenvalue weighted by Crippen LogP contribution is 2.46. The SMILES string of the molecule is CCOC(=O)C1CCN(C(=O)C2CSC(c3ccc(OC)c(OC)c3)N2C(=O)c2cc(OC)c(OC)c(OC)c2)CC1. The Balaban J connectivity index is 1.69. The first-order chi connectivity index (χ1) is 20.3. The fourth-order valence-electron chi connectivity index (χ4n) is 5.37. The molecule has 228 valence electrons. The van der Waals surface area contributed by atoms with Crippen LogP contribution in [0.3, 0.4) is 0 Å². The van der Waals surface area contributed by atoms with Crippen LogP contribution in [0.2, 0.25) is 0 Å². The second-order valence-electron chi connectivity index (χ2n) is 9.79. The number of piperidine rings is 1. The van der Waals surface area contributed by atoms with E-state index in [2.05, 4.69) is 0 Å². The van der Waals surface area contributed by atoms with Gasteiger partial charge in [0.25, 0.3) is 5.91 Å². The molecule has 2 aliphatic rings. The highest BCUT2D eigenvalue weighted by Gasteiger charge is 2.45. The molecule has 2 atom stereocenters. The van der Waals surface area contributed by atoms with E-state index in [4.69, 9.17) is 28.4 Å². The van der Waals surface area contributed by atoms with Gasteiger partial charge in [-0.05, 0) is 49.6 Å². The van der Waals surface area contributed by atoms with Crippen molar-refractivity contribution in [1.29, 1.82) is 0 Å². The van der Waals surface area contributed by atoms with Crippen LogP contribution < -0.4 is 23.7 Å². The first-order valence-electron chi connectivity index (χ1n) is 13.7. The van der Waals surface area contributed by atoms with Gasteiger partial charge in [-0.3, -0.25) is 14.4 Å². The van der Waals surface area contributed by atoms with E-state index in [0.717, 1.165) is 5.56 Å². The van der Waals surface area contributed by atoms with Gasteiger partial charge >= 0.3 is 5.97 Å². The number of benzene rings is 2. The minimum Gasteiger partial charge on any atom is -0.493 e. The Hall–Kier alpha value is -3.80. The van der Waals surface area contributed by atoms with E-state index < -0.39 is 11.4 Å². The molecular formula is C30H38N2O9S. The molecule has 0 spiro atoms. The number of thioether (sulfide) groups is 1. The lowest BCUT2D eigenvalue weighted by Crippen LogP contribution is -2.52. The molecule has 2 amide bonds. The first kappa shape index (κ1) is 31.1. The highest BCUT2D eigenvalue weighted by molar-refractivity contribution is 7.99. The number of hydrogen-bond donors (Lipinski definition) is 0. The number of carbonyl (C=O) groups is 3. The standard InChI is InChI=1S/C30H38N2O9S/c1-7-41-30(35)18-10-12-31(13-11-18)28(34)21-17-42-29(19-8-9-22(36-2)23(14-19)37-3)32(21)27(33)20-15-24(38-4)26(40-6)25(16-20)39-5/h8-9,14-16,18,21,29H,7,10-13,17H2,1-6H3. The normalized spacial score (nSPS) is 18.8. The third kappa shape index (κ3) is 6.18. The summed E-state index contributed by atoms with van der Waals surface area (Å²) in [6, 6.07) is 7.91. The third-order valence-electron chi connectivity index (χ3n) is 7.55. The number of ether oxygens (including phenoxy) is 6. The van der Waals surface area contributed by atoms with Gasteiger partial charge in [0, 0.05) is 24.4 Å². The maximum atomic E-state index is 14.3. The van der Waals surface area contributed by atoms with Gasteiger partial charge in [0.2, 0.25) is 11.7 Å². The zero-order chi connectivity index (χ0) is 30.4. The van der Waals surface area contributed by atoms with Crippen molar-refractivity contribution in [3.05, 3.63) is 41.5 Å². The van der Waals surface area contributed by atoms with Crippen LogP contribution in [0.4, 0.5) is 0 Å². The maximum Gasteiger partial charge on any atom is 0.309 e. The number of likely N-dealkylation sites (tertiary alicyclic amines) is 1. The second-order valence-corrected chi connectivity index (χ2v) is 10.9. The molecule has 0 aromatic heterocycles. The molecule has 11 nitrogen and oxygen atoms in total. The van der Waals surface area contributed by atoms with Crippen LogP contribution in [-0.4, -0.2) is 94.6 Å². The summed E-state index contributed by atoms with van der Waals surface area (Å²) in [5, 5.41) is -0.484.